The molecule has 1 unspecified atom stereocenters. The van der Waals surface area contributed by atoms with Crippen molar-refractivity contribution in [3.05, 3.63) is 60.2 Å². The van der Waals surface area contributed by atoms with E-state index in [4.69, 9.17) is 23.7 Å². The highest BCUT2D eigenvalue weighted by Gasteiger charge is 2.49. The van der Waals surface area contributed by atoms with E-state index in [2.05, 4.69) is 0 Å². The van der Waals surface area contributed by atoms with Crippen LogP contribution in [0.1, 0.15) is 11.9 Å². The van der Waals surface area contributed by atoms with Crippen molar-refractivity contribution in [2.45, 2.75) is 37.0 Å². The van der Waals surface area contributed by atoms with Crippen LogP contribution in [0, 0.1) is 0 Å². The smallest absolute Gasteiger partial charge is 0.229 e. The van der Waals surface area contributed by atoms with E-state index in [1.165, 1.54) is 0 Å². The number of fused-ring (bicyclic) bond motifs is 1. The summed E-state index contributed by atoms with van der Waals surface area (Å²) in [5.41, 5.74) is 0.842. The molecule has 0 aliphatic carbocycles. The predicted octanol–water partition coefficient (Wildman–Crippen LogP) is 1.63. The van der Waals surface area contributed by atoms with Gasteiger partial charge in [0, 0.05) is 5.56 Å². The van der Waals surface area contributed by atoms with Crippen molar-refractivity contribution in [1.82, 2.24) is 0 Å². The Morgan fingerprint density at radius 3 is 2.30 bits per heavy atom. The van der Waals surface area contributed by atoms with Crippen molar-refractivity contribution >= 4 is 0 Å². The Hall–Kier alpha value is -2.16. The van der Waals surface area contributed by atoms with E-state index in [1.54, 1.807) is 31.4 Å². The summed E-state index contributed by atoms with van der Waals surface area (Å²) in [6.45, 7) is 0.219. The first-order valence-electron chi connectivity index (χ1n) is 8.80. The number of benzene rings is 2. The summed E-state index contributed by atoms with van der Waals surface area (Å²) in [6, 6.07) is 16.3. The van der Waals surface area contributed by atoms with Crippen LogP contribution in [0.5, 0.6) is 11.5 Å². The number of ether oxygens (including phenoxy) is 5. The van der Waals surface area contributed by atoms with E-state index in [1.807, 2.05) is 30.3 Å². The summed E-state index contributed by atoms with van der Waals surface area (Å²) in [5.74, 6) is 1.18. The number of hydrogen-bond acceptors (Lipinski definition) is 7. The van der Waals surface area contributed by atoms with Gasteiger partial charge in [0.1, 0.15) is 35.9 Å². The zero-order valence-electron chi connectivity index (χ0n) is 14.8. The van der Waals surface area contributed by atoms with Gasteiger partial charge in [0.2, 0.25) is 6.29 Å². The SMILES string of the molecule is COc1ccc(O[C@@H]2O[C@@H]3COC(c4ccccc4)O[C@H]3[C@H](O)[C@H]2O)cc1. The van der Waals surface area contributed by atoms with Crippen molar-refractivity contribution in [2.75, 3.05) is 13.7 Å². The minimum atomic E-state index is -1.26. The molecule has 0 radical (unpaired) electrons. The van der Waals surface area contributed by atoms with Crippen LogP contribution < -0.4 is 9.47 Å². The number of aliphatic hydroxyl groups is 2. The van der Waals surface area contributed by atoms with Gasteiger partial charge in [-0.05, 0) is 24.3 Å². The van der Waals surface area contributed by atoms with Crippen molar-refractivity contribution in [3.63, 3.8) is 0 Å². The van der Waals surface area contributed by atoms with E-state index in [0.29, 0.717) is 11.5 Å². The lowest BCUT2D eigenvalue weighted by Crippen LogP contribution is -2.62. The third-order valence-corrected chi connectivity index (χ3v) is 4.72. The number of methoxy groups -OCH3 is 1. The van der Waals surface area contributed by atoms with Crippen molar-refractivity contribution in [3.8, 4) is 11.5 Å². The fourth-order valence-electron chi connectivity index (χ4n) is 3.24. The van der Waals surface area contributed by atoms with Crippen molar-refractivity contribution in [1.29, 1.82) is 0 Å². The topological polar surface area (TPSA) is 86.6 Å². The lowest BCUT2D eigenvalue weighted by atomic mass is 9.98. The average molecular weight is 374 g/mol. The largest absolute Gasteiger partial charge is 0.497 e. The second kappa shape index (κ2) is 7.84. The quantitative estimate of drug-likeness (QED) is 0.841. The lowest BCUT2D eigenvalue weighted by molar-refractivity contribution is -0.350. The van der Waals surface area contributed by atoms with Crippen LogP contribution >= 0.6 is 0 Å². The fraction of sp³-hybridized carbons (Fsp3) is 0.400. The number of rotatable bonds is 4. The Morgan fingerprint density at radius 2 is 1.59 bits per heavy atom. The Morgan fingerprint density at radius 1 is 0.889 bits per heavy atom. The Labute approximate surface area is 157 Å². The average Bonchev–Trinajstić information content (AvgIpc) is 2.73. The molecule has 0 amide bonds. The van der Waals surface area contributed by atoms with E-state index in [-0.39, 0.29) is 6.61 Å². The van der Waals surface area contributed by atoms with Crippen LogP contribution in [0.4, 0.5) is 0 Å². The summed E-state index contributed by atoms with van der Waals surface area (Å²) in [6.07, 6.45) is -5.33. The van der Waals surface area contributed by atoms with Crippen LogP contribution in [0.25, 0.3) is 0 Å². The summed E-state index contributed by atoms with van der Waals surface area (Å²) in [5, 5.41) is 21.0. The molecule has 2 aromatic rings. The molecule has 0 saturated carbocycles. The molecule has 0 bridgehead atoms. The highest BCUT2D eigenvalue weighted by atomic mass is 16.8. The molecule has 7 heteroatoms. The molecule has 0 aromatic heterocycles. The normalized spacial score (nSPS) is 33.1. The molecule has 2 heterocycles. The van der Waals surface area contributed by atoms with E-state index in [9.17, 15) is 10.2 Å². The van der Waals surface area contributed by atoms with Gasteiger partial charge in [0.15, 0.2) is 6.29 Å². The molecule has 6 atom stereocenters. The van der Waals surface area contributed by atoms with Gasteiger partial charge in [-0.2, -0.15) is 0 Å². The zero-order valence-corrected chi connectivity index (χ0v) is 14.8. The predicted molar refractivity (Wildman–Crippen MR) is 94.3 cm³/mol. The maximum absolute atomic E-state index is 10.6. The van der Waals surface area contributed by atoms with E-state index >= 15 is 0 Å². The highest BCUT2D eigenvalue weighted by Crippen LogP contribution is 2.34. The van der Waals surface area contributed by atoms with Gasteiger partial charge in [-0.1, -0.05) is 30.3 Å². The Bertz CT molecular complexity index is 734. The van der Waals surface area contributed by atoms with Crippen LogP contribution in [-0.4, -0.2) is 54.6 Å². The monoisotopic (exact) mass is 374 g/mol. The second-order valence-corrected chi connectivity index (χ2v) is 6.49. The van der Waals surface area contributed by atoms with Gasteiger partial charge in [0.25, 0.3) is 0 Å². The Kier molecular flexibility index (Phi) is 5.29. The van der Waals surface area contributed by atoms with Crippen LogP contribution in [0.2, 0.25) is 0 Å². The first kappa shape index (κ1) is 18.2. The Balaban J connectivity index is 1.43. The van der Waals surface area contributed by atoms with E-state index in [0.717, 1.165) is 5.56 Å². The maximum atomic E-state index is 10.6. The molecular formula is C20H22O7. The molecule has 2 aliphatic rings. The molecule has 2 N–H and O–H groups in total. The van der Waals surface area contributed by atoms with Crippen LogP contribution in [0.15, 0.2) is 54.6 Å². The van der Waals surface area contributed by atoms with Gasteiger partial charge in [-0.3, -0.25) is 0 Å². The molecule has 0 spiro atoms. The summed E-state index contributed by atoms with van der Waals surface area (Å²) in [7, 11) is 1.58. The second-order valence-electron chi connectivity index (χ2n) is 6.49. The van der Waals surface area contributed by atoms with Crippen LogP contribution in [-0.2, 0) is 14.2 Å². The zero-order chi connectivity index (χ0) is 18.8. The highest BCUT2D eigenvalue weighted by molar-refractivity contribution is 5.31. The molecule has 7 nitrogen and oxygen atoms in total. The van der Waals surface area contributed by atoms with E-state index < -0.39 is 37.0 Å². The minimum Gasteiger partial charge on any atom is -0.497 e. The molecule has 27 heavy (non-hydrogen) atoms. The molecule has 4 rings (SSSR count). The van der Waals surface area contributed by atoms with Gasteiger partial charge in [0.05, 0.1) is 13.7 Å². The van der Waals surface area contributed by atoms with Gasteiger partial charge < -0.3 is 33.9 Å². The maximum Gasteiger partial charge on any atom is 0.229 e. The summed E-state index contributed by atoms with van der Waals surface area (Å²) in [4.78, 5) is 0. The molecule has 144 valence electrons. The number of hydrogen-bond donors (Lipinski definition) is 2. The number of aliphatic hydroxyl groups excluding tert-OH is 2. The van der Waals surface area contributed by atoms with Gasteiger partial charge in [-0.25, -0.2) is 0 Å². The van der Waals surface area contributed by atoms with Gasteiger partial charge >= 0.3 is 0 Å². The first-order chi connectivity index (χ1) is 13.2. The molecule has 2 fully saturated rings. The van der Waals surface area contributed by atoms with Crippen LogP contribution in [0.3, 0.4) is 0 Å². The standard InChI is InChI=1S/C20H22O7/c1-23-13-7-9-14(10-8-13)25-20-17(22)16(21)18-15(26-20)11-24-19(27-18)12-5-3-2-4-6-12/h2-10,15-22H,11H2,1H3/t15-,16-,17-,18-,19?,20-/m1/s1. The molecule has 2 aliphatic heterocycles. The fourth-order valence-corrected chi connectivity index (χ4v) is 3.24. The van der Waals surface area contributed by atoms with Crippen molar-refractivity contribution < 1.29 is 33.9 Å². The third-order valence-electron chi connectivity index (χ3n) is 4.72. The van der Waals surface area contributed by atoms with Gasteiger partial charge in [-0.15, -0.1) is 0 Å². The lowest BCUT2D eigenvalue weighted by Gasteiger charge is -2.46. The molecular weight excluding hydrogens is 352 g/mol. The summed E-state index contributed by atoms with van der Waals surface area (Å²) < 4.78 is 28.2. The molecule has 2 aromatic carbocycles. The first-order valence-corrected chi connectivity index (χ1v) is 8.80. The third kappa shape index (κ3) is 3.78. The summed E-state index contributed by atoms with van der Waals surface area (Å²) >= 11 is 0. The van der Waals surface area contributed by atoms with Crippen molar-refractivity contribution in [2.24, 2.45) is 0 Å². The molecule has 2 saturated heterocycles. The minimum absolute atomic E-state index is 0.219.